The van der Waals surface area contributed by atoms with E-state index >= 15 is 0 Å². The minimum absolute atomic E-state index is 0.493. The molecule has 0 aliphatic carbocycles. The SMILES string of the molecule is COc1ccc(-c2ccc(-c3cc(CN)n(C)n3)cc2)cc1. The van der Waals surface area contributed by atoms with Gasteiger partial charge in [0.05, 0.1) is 18.5 Å². The Hall–Kier alpha value is -2.59. The molecular formula is C18H19N3O. The average Bonchev–Trinajstić information content (AvgIpc) is 2.96. The van der Waals surface area contributed by atoms with Gasteiger partial charge in [0.2, 0.25) is 0 Å². The number of nitrogens with two attached hydrogens (primary N) is 1. The number of aromatic nitrogens is 2. The van der Waals surface area contributed by atoms with E-state index < -0.39 is 0 Å². The Morgan fingerprint density at radius 2 is 1.50 bits per heavy atom. The summed E-state index contributed by atoms with van der Waals surface area (Å²) in [6.07, 6.45) is 0. The van der Waals surface area contributed by atoms with Crippen molar-refractivity contribution in [3.8, 4) is 28.1 Å². The van der Waals surface area contributed by atoms with Crippen molar-refractivity contribution in [3.05, 3.63) is 60.3 Å². The smallest absolute Gasteiger partial charge is 0.118 e. The van der Waals surface area contributed by atoms with Crippen molar-refractivity contribution in [2.75, 3.05) is 7.11 Å². The van der Waals surface area contributed by atoms with Crippen LogP contribution in [0.5, 0.6) is 5.75 Å². The van der Waals surface area contributed by atoms with E-state index in [1.54, 1.807) is 7.11 Å². The highest BCUT2D eigenvalue weighted by molar-refractivity contribution is 5.69. The number of aryl methyl sites for hydroxylation is 1. The van der Waals surface area contributed by atoms with Gasteiger partial charge in [-0.2, -0.15) is 5.10 Å². The maximum Gasteiger partial charge on any atom is 0.118 e. The van der Waals surface area contributed by atoms with E-state index in [0.29, 0.717) is 6.54 Å². The topological polar surface area (TPSA) is 53.1 Å². The molecule has 0 atom stereocenters. The molecule has 3 aromatic rings. The van der Waals surface area contributed by atoms with Gasteiger partial charge < -0.3 is 10.5 Å². The van der Waals surface area contributed by atoms with Gasteiger partial charge in [-0.1, -0.05) is 36.4 Å². The van der Waals surface area contributed by atoms with E-state index in [4.69, 9.17) is 10.5 Å². The van der Waals surface area contributed by atoms with Gasteiger partial charge in [-0.3, -0.25) is 4.68 Å². The first-order chi connectivity index (χ1) is 10.7. The first-order valence-corrected chi connectivity index (χ1v) is 7.19. The second-order valence-electron chi connectivity index (χ2n) is 5.15. The lowest BCUT2D eigenvalue weighted by Gasteiger charge is -2.05. The summed E-state index contributed by atoms with van der Waals surface area (Å²) in [6, 6.07) is 18.5. The molecule has 0 fully saturated rings. The van der Waals surface area contributed by atoms with Crippen LogP contribution in [-0.2, 0) is 13.6 Å². The third-order valence-electron chi connectivity index (χ3n) is 3.79. The maximum atomic E-state index is 5.69. The molecule has 112 valence electrons. The molecule has 0 radical (unpaired) electrons. The summed E-state index contributed by atoms with van der Waals surface area (Å²) < 4.78 is 7.01. The van der Waals surface area contributed by atoms with Gasteiger partial charge in [-0.25, -0.2) is 0 Å². The van der Waals surface area contributed by atoms with Crippen LogP contribution in [0, 0.1) is 0 Å². The second-order valence-corrected chi connectivity index (χ2v) is 5.15. The van der Waals surface area contributed by atoms with Crippen molar-refractivity contribution >= 4 is 0 Å². The zero-order chi connectivity index (χ0) is 15.5. The van der Waals surface area contributed by atoms with Crippen molar-refractivity contribution in [2.45, 2.75) is 6.54 Å². The van der Waals surface area contributed by atoms with Crippen LogP contribution >= 0.6 is 0 Å². The molecule has 1 aromatic heterocycles. The summed E-state index contributed by atoms with van der Waals surface area (Å²) in [7, 11) is 3.59. The van der Waals surface area contributed by atoms with Gasteiger partial charge in [0.1, 0.15) is 5.75 Å². The standard InChI is InChI=1S/C18H19N3O/c1-21-16(12-19)11-18(20-21)15-5-3-13(4-6-15)14-7-9-17(22-2)10-8-14/h3-11H,12,19H2,1-2H3. The lowest BCUT2D eigenvalue weighted by atomic mass is 10.0. The van der Waals surface area contributed by atoms with Crippen LogP contribution in [0.3, 0.4) is 0 Å². The fourth-order valence-electron chi connectivity index (χ4n) is 2.45. The summed E-state index contributed by atoms with van der Waals surface area (Å²) in [4.78, 5) is 0. The molecule has 2 N–H and O–H groups in total. The molecule has 4 heteroatoms. The molecule has 0 aliphatic heterocycles. The fourth-order valence-corrected chi connectivity index (χ4v) is 2.45. The van der Waals surface area contributed by atoms with Crippen LogP contribution in [0.4, 0.5) is 0 Å². The molecule has 4 nitrogen and oxygen atoms in total. The lowest BCUT2D eigenvalue weighted by Crippen LogP contribution is -2.03. The lowest BCUT2D eigenvalue weighted by molar-refractivity contribution is 0.415. The highest BCUT2D eigenvalue weighted by Crippen LogP contribution is 2.26. The Labute approximate surface area is 130 Å². The minimum atomic E-state index is 0.493. The number of rotatable bonds is 4. The molecule has 2 aromatic carbocycles. The summed E-state index contributed by atoms with van der Waals surface area (Å²) in [6.45, 7) is 0.493. The molecule has 0 saturated carbocycles. The van der Waals surface area contributed by atoms with Crippen LogP contribution in [-0.4, -0.2) is 16.9 Å². The molecule has 0 saturated heterocycles. The van der Waals surface area contributed by atoms with Crippen molar-refractivity contribution in [3.63, 3.8) is 0 Å². The third kappa shape index (κ3) is 2.73. The first-order valence-electron chi connectivity index (χ1n) is 7.19. The molecule has 3 rings (SSSR count). The Morgan fingerprint density at radius 1 is 0.955 bits per heavy atom. The van der Waals surface area contributed by atoms with Gasteiger partial charge in [0.25, 0.3) is 0 Å². The van der Waals surface area contributed by atoms with E-state index in [-0.39, 0.29) is 0 Å². The second kappa shape index (κ2) is 6.03. The van der Waals surface area contributed by atoms with Crippen molar-refractivity contribution < 1.29 is 4.74 Å². The van der Waals surface area contributed by atoms with E-state index in [0.717, 1.165) is 28.3 Å². The number of hydrogen-bond donors (Lipinski definition) is 1. The summed E-state index contributed by atoms with van der Waals surface area (Å²) in [5.41, 5.74) is 11.1. The molecule has 0 bridgehead atoms. The van der Waals surface area contributed by atoms with Gasteiger partial charge in [-0.05, 0) is 29.3 Å². The van der Waals surface area contributed by atoms with Crippen LogP contribution in [0.2, 0.25) is 0 Å². The number of nitrogens with zero attached hydrogens (tertiary/aromatic N) is 2. The maximum absolute atomic E-state index is 5.69. The highest BCUT2D eigenvalue weighted by Gasteiger charge is 2.06. The van der Waals surface area contributed by atoms with Crippen molar-refractivity contribution in [1.82, 2.24) is 9.78 Å². The Bertz CT molecular complexity index is 758. The Kier molecular flexibility index (Phi) is 3.94. The third-order valence-corrected chi connectivity index (χ3v) is 3.79. The number of hydrogen-bond acceptors (Lipinski definition) is 3. The van der Waals surface area contributed by atoms with Gasteiger partial charge in [0, 0.05) is 19.2 Å². The predicted octanol–water partition coefficient (Wildman–Crippen LogP) is 3.22. The zero-order valence-corrected chi connectivity index (χ0v) is 12.8. The van der Waals surface area contributed by atoms with Crippen LogP contribution in [0.15, 0.2) is 54.6 Å². The van der Waals surface area contributed by atoms with E-state index in [9.17, 15) is 0 Å². The normalized spacial score (nSPS) is 10.7. The summed E-state index contributed by atoms with van der Waals surface area (Å²) in [5.74, 6) is 0.864. The monoisotopic (exact) mass is 293 g/mol. The van der Waals surface area contributed by atoms with Crippen molar-refractivity contribution in [2.24, 2.45) is 12.8 Å². The minimum Gasteiger partial charge on any atom is -0.497 e. The quantitative estimate of drug-likeness (QED) is 0.803. The van der Waals surface area contributed by atoms with Gasteiger partial charge >= 0.3 is 0 Å². The molecule has 0 unspecified atom stereocenters. The van der Waals surface area contributed by atoms with E-state index in [2.05, 4.69) is 41.5 Å². The van der Waals surface area contributed by atoms with Gasteiger partial charge in [0.15, 0.2) is 0 Å². The Morgan fingerprint density at radius 3 is 2.00 bits per heavy atom. The molecule has 1 heterocycles. The predicted molar refractivity (Wildman–Crippen MR) is 88.5 cm³/mol. The van der Waals surface area contributed by atoms with Crippen LogP contribution < -0.4 is 10.5 Å². The van der Waals surface area contributed by atoms with Crippen LogP contribution in [0.1, 0.15) is 5.69 Å². The van der Waals surface area contributed by atoms with Gasteiger partial charge in [-0.15, -0.1) is 0 Å². The van der Waals surface area contributed by atoms with E-state index in [1.807, 2.05) is 29.9 Å². The fraction of sp³-hybridized carbons (Fsp3) is 0.167. The van der Waals surface area contributed by atoms with Crippen molar-refractivity contribution in [1.29, 1.82) is 0 Å². The molecular weight excluding hydrogens is 274 g/mol. The van der Waals surface area contributed by atoms with Crippen LogP contribution in [0.25, 0.3) is 22.4 Å². The molecule has 0 spiro atoms. The molecule has 0 aliphatic rings. The van der Waals surface area contributed by atoms with E-state index in [1.165, 1.54) is 5.56 Å². The first kappa shape index (κ1) is 14.4. The zero-order valence-electron chi connectivity index (χ0n) is 12.8. The number of benzene rings is 2. The molecule has 22 heavy (non-hydrogen) atoms. The summed E-state index contributed by atoms with van der Waals surface area (Å²) >= 11 is 0. The Balaban J connectivity index is 1.88. The molecule has 0 amide bonds. The largest absolute Gasteiger partial charge is 0.497 e. The summed E-state index contributed by atoms with van der Waals surface area (Å²) in [5, 5.41) is 4.50. The highest BCUT2D eigenvalue weighted by atomic mass is 16.5. The number of ether oxygens (including phenoxy) is 1. The average molecular weight is 293 g/mol. The number of methoxy groups -OCH3 is 1.